The van der Waals surface area contributed by atoms with E-state index in [4.69, 9.17) is 0 Å². The number of benzene rings is 1. The minimum Gasteiger partial charge on any atom is -0.386 e. The van der Waals surface area contributed by atoms with E-state index in [2.05, 4.69) is 22.5 Å². The number of hydrogen-bond acceptors (Lipinski definition) is 2. The first-order valence-electron chi connectivity index (χ1n) is 7.44. The molecule has 0 saturated carbocycles. The molecule has 4 nitrogen and oxygen atoms in total. The molecule has 20 heavy (non-hydrogen) atoms. The maximum absolute atomic E-state index is 10.1. The van der Waals surface area contributed by atoms with Gasteiger partial charge in [0, 0.05) is 13.1 Å². The molecule has 0 fully saturated rings. The number of aryl methyl sites for hydroxylation is 1. The molecule has 0 saturated heterocycles. The largest absolute Gasteiger partial charge is 0.386 e. The number of hydrogen-bond donors (Lipinski definition) is 3. The number of aliphatic hydroxyl groups excluding tert-OH is 1. The summed E-state index contributed by atoms with van der Waals surface area (Å²) in [5.41, 5.74) is 2.10. The molecule has 0 aliphatic carbocycles. The average Bonchev–Trinajstić information content (AvgIpc) is 2.45. The van der Waals surface area contributed by atoms with E-state index in [0.717, 1.165) is 37.5 Å². The second-order valence-electron chi connectivity index (χ2n) is 4.93. The van der Waals surface area contributed by atoms with Crippen molar-refractivity contribution in [3.8, 4) is 0 Å². The third kappa shape index (κ3) is 6.06. The first kappa shape index (κ1) is 16.5. The predicted molar refractivity (Wildman–Crippen MR) is 85.0 cm³/mol. The molecular formula is C16H27N3O. The Morgan fingerprint density at radius 2 is 1.90 bits per heavy atom. The highest BCUT2D eigenvalue weighted by atomic mass is 16.3. The van der Waals surface area contributed by atoms with Crippen LogP contribution in [0.2, 0.25) is 0 Å². The van der Waals surface area contributed by atoms with Crippen LogP contribution in [0.25, 0.3) is 0 Å². The summed E-state index contributed by atoms with van der Waals surface area (Å²) >= 11 is 0. The van der Waals surface area contributed by atoms with Crippen LogP contribution in [0.4, 0.5) is 0 Å². The van der Waals surface area contributed by atoms with Crippen LogP contribution in [0.15, 0.2) is 29.3 Å². The van der Waals surface area contributed by atoms with E-state index in [9.17, 15) is 5.11 Å². The normalized spacial score (nSPS) is 13.1. The molecule has 1 unspecified atom stereocenters. The molecule has 0 spiro atoms. The van der Waals surface area contributed by atoms with Crippen molar-refractivity contribution in [2.75, 3.05) is 19.6 Å². The van der Waals surface area contributed by atoms with Crippen LogP contribution in [0, 0.1) is 6.92 Å². The number of aliphatic imine (C=N–C) groups is 1. The second-order valence-corrected chi connectivity index (χ2v) is 4.93. The van der Waals surface area contributed by atoms with Crippen LogP contribution < -0.4 is 10.6 Å². The molecule has 0 aliphatic rings. The number of nitrogens with one attached hydrogen (secondary N) is 2. The number of guanidine groups is 1. The highest BCUT2D eigenvalue weighted by Crippen LogP contribution is 2.13. The van der Waals surface area contributed by atoms with Gasteiger partial charge in [-0.2, -0.15) is 0 Å². The van der Waals surface area contributed by atoms with Gasteiger partial charge in [0.2, 0.25) is 0 Å². The maximum Gasteiger partial charge on any atom is 0.191 e. The van der Waals surface area contributed by atoms with Crippen LogP contribution in [0.3, 0.4) is 0 Å². The molecule has 0 heterocycles. The Morgan fingerprint density at radius 3 is 2.50 bits per heavy atom. The fourth-order valence-electron chi connectivity index (χ4n) is 1.80. The Kier molecular flexibility index (Phi) is 7.73. The highest BCUT2D eigenvalue weighted by molar-refractivity contribution is 5.79. The van der Waals surface area contributed by atoms with Crippen molar-refractivity contribution in [2.45, 2.75) is 39.7 Å². The Labute approximate surface area is 122 Å². The molecule has 0 aliphatic heterocycles. The summed E-state index contributed by atoms with van der Waals surface area (Å²) in [6.07, 6.45) is 1.71. The van der Waals surface area contributed by atoms with Crippen LogP contribution in [-0.2, 0) is 0 Å². The summed E-state index contributed by atoms with van der Waals surface area (Å²) in [5.74, 6) is 0.770. The molecule has 0 bridgehead atoms. The van der Waals surface area contributed by atoms with E-state index in [1.807, 2.05) is 38.1 Å². The van der Waals surface area contributed by atoms with E-state index in [1.165, 1.54) is 5.56 Å². The topological polar surface area (TPSA) is 56.7 Å². The Bertz CT molecular complexity index is 401. The van der Waals surface area contributed by atoms with Gasteiger partial charge in [-0.3, -0.25) is 4.99 Å². The van der Waals surface area contributed by atoms with Crippen LogP contribution in [-0.4, -0.2) is 30.7 Å². The van der Waals surface area contributed by atoms with Gasteiger partial charge in [0.25, 0.3) is 0 Å². The van der Waals surface area contributed by atoms with Crippen LogP contribution >= 0.6 is 0 Å². The van der Waals surface area contributed by atoms with Crippen molar-refractivity contribution in [3.63, 3.8) is 0 Å². The lowest BCUT2D eigenvalue weighted by Gasteiger charge is -2.13. The van der Waals surface area contributed by atoms with Crippen LogP contribution in [0.1, 0.15) is 43.9 Å². The molecular weight excluding hydrogens is 250 g/mol. The quantitative estimate of drug-likeness (QED) is 0.407. The molecule has 3 N–H and O–H groups in total. The zero-order chi connectivity index (χ0) is 14.8. The van der Waals surface area contributed by atoms with Gasteiger partial charge in [-0.05, 0) is 25.8 Å². The summed E-state index contributed by atoms with van der Waals surface area (Å²) in [6.45, 7) is 8.32. The van der Waals surface area contributed by atoms with E-state index in [1.54, 1.807) is 0 Å². The van der Waals surface area contributed by atoms with Crippen molar-refractivity contribution in [1.29, 1.82) is 0 Å². The molecule has 4 heteroatoms. The summed E-state index contributed by atoms with van der Waals surface area (Å²) in [6, 6.07) is 7.92. The van der Waals surface area contributed by atoms with E-state index < -0.39 is 6.10 Å². The SMILES string of the molecule is CCCCNC(=NCC(O)c1ccc(C)cc1)NCC. The fourth-order valence-corrected chi connectivity index (χ4v) is 1.80. The number of nitrogens with zero attached hydrogens (tertiary/aromatic N) is 1. The fraction of sp³-hybridized carbons (Fsp3) is 0.562. The van der Waals surface area contributed by atoms with Gasteiger partial charge in [0.15, 0.2) is 5.96 Å². The summed E-state index contributed by atoms with van der Waals surface area (Å²) in [4.78, 5) is 4.43. The van der Waals surface area contributed by atoms with Gasteiger partial charge in [-0.25, -0.2) is 0 Å². The minimum absolute atomic E-state index is 0.366. The Hall–Kier alpha value is -1.55. The zero-order valence-electron chi connectivity index (χ0n) is 12.8. The lowest BCUT2D eigenvalue weighted by atomic mass is 10.1. The standard InChI is InChI=1S/C16H27N3O/c1-4-6-11-18-16(17-5-2)19-12-15(20)14-9-7-13(3)8-10-14/h7-10,15,20H,4-6,11-12H2,1-3H3,(H2,17,18,19). The summed E-state index contributed by atoms with van der Waals surface area (Å²) in [5, 5.41) is 16.6. The van der Waals surface area contributed by atoms with Gasteiger partial charge < -0.3 is 15.7 Å². The van der Waals surface area contributed by atoms with Gasteiger partial charge in [-0.1, -0.05) is 43.2 Å². The van der Waals surface area contributed by atoms with Crippen molar-refractivity contribution in [2.24, 2.45) is 4.99 Å². The highest BCUT2D eigenvalue weighted by Gasteiger charge is 2.06. The van der Waals surface area contributed by atoms with Gasteiger partial charge >= 0.3 is 0 Å². The van der Waals surface area contributed by atoms with Gasteiger partial charge in [-0.15, -0.1) is 0 Å². The van der Waals surface area contributed by atoms with Crippen molar-refractivity contribution in [1.82, 2.24) is 10.6 Å². The molecule has 0 amide bonds. The van der Waals surface area contributed by atoms with E-state index in [0.29, 0.717) is 6.54 Å². The first-order chi connectivity index (χ1) is 9.67. The van der Waals surface area contributed by atoms with Crippen LogP contribution in [0.5, 0.6) is 0 Å². The van der Waals surface area contributed by atoms with Gasteiger partial charge in [0.1, 0.15) is 0 Å². The molecule has 1 aromatic carbocycles. The third-order valence-electron chi connectivity index (χ3n) is 3.05. The first-order valence-corrected chi connectivity index (χ1v) is 7.44. The monoisotopic (exact) mass is 277 g/mol. The Balaban J connectivity index is 2.54. The van der Waals surface area contributed by atoms with Crippen molar-refractivity contribution in [3.05, 3.63) is 35.4 Å². The number of aliphatic hydroxyl groups is 1. The molecule has 1 atom stereocenters. The smallest absolute Gasteiger partial charge is 0.191 e. The third-order valence-corrected chi connectivity index (χ3v) is 3.05. The average molecular weight is 277 g/mol. The van der Waals surface area contributed by atoms with E-state index >= 15 is 0 Å². The zero-order valence-corrected chi connectivity index (χ0v) is 12.8. The predicted octanol–water partition coefficient (Wildman–Crippen LogP) is 2.38. The Morgan fingerprint density at radius 1 is 1.20 bits per heavy atom. The van der Waals surface area contributed by atoms with Gasteiger partial charge in [0.05, 0.1) is 12.6 Å². The molecule has 112 valence electrons. The number of rotatable bonds is 7. The van der Waals surface area contributed by atoms with Crippen molar-refractivity contribution >= 4 is 5.96 Å². The molecule has 0 aromatic heterocycles. The van der Waals surface area contributed by atoms with E-state index in [-0.39, 0.29) is 0 Å². The summed E-state index contributed by atoms with van der Waals surface area (Å²) in [7, 11) is 0. The number of unbranched alkanes of at least 4 members (excludes halogenated alkanes) is 1. The minimum atomic E-state index is -0.558. The maximum atomic E-state index is 10.1. The molecule has 1 aromatic rings. The molecule has 0 radical (unpaired) electrons. The summed E-state index contributed by atoms with van der Waals surface area (Å²) < 4.78 is 0. The molecule has 1 rings (SSSR count). The lowest BCUT2D eigenvalue weighted by molar-refractivity contribution is 0.187. The lowest BCUT2D eigenvalue weighted by Crippen LogP contribution is -2.38. The second kappa shape index (κ2) is 9.37. The van der Waals surface area contributed by atoms with Crippen molar-refractivity contribution < 1.29 is 5.11 Å².